The van der Waals surface area contributed by atoms with Crippen LogP contribution in [0.2, 0.25) is 0 Å². The zero-order valence-electron chi connectivity index (χ0n) is 15.3. The van der Waals surface area contributed by atoms with Gasteiger partial charge in [0.05, 0.1) is 19.3 Å². The monoisotopic (exact) mass is 384 g/mol. The van der Waals surface area contributed by atoms with Gasteiger partial charge in [0.1, 0.15) is 5.75 Å². The Morgan fingerprint density at radius 1 is 0.760 bits per heavy atom. The van der Waals surface area contributed by atoms with Gasteiger partial charge in [-0.3, -0.25) is 0 Å². The van der Waals surface area contributed by atoms with Crippen molar-refractivity contribution >= 4 is 30.4 Å². The molecule has 1 N–H and O–H groups in total. The molecule has 0 saturated carbocycles. The first-order valence-corrected chi connectivity index (χ1v) is 10.8. The molecule has 0 spiro atoms. The molecule has 0 amide bonds. The molecular weight excluding hydrogens is 360 g/mol. The topological polar surface area (TPSA) is 88.5 Å². The van der Waals surface area contributed by atoms with E-state index in [1.165, 1.54) is 30.3 Å². The molecule has 7 heteroatoms. The number of rotatable bonds is 2. The molecule has 2 aromatic carbocycles. The van der Waals surface area contributed by atoms with Crippen LogP contribution in [-0.4, -0.2) is 31.4 Å². The van der Waals surface area contributed by atoms with Crippen LogP contribution >= 0.6 is 0 Å². The average Bonchev–Trinajstić information content (AvgIpc) is 2.43. The van der Waals surface area contributed by atoms with E-state index in [-0.39, 0.29) is 15.5 Å². The Morgan fingerprint density at radius 2 is 1.28 bits per heavy atom. The van der Waals surface area contributed by atoms with E-state index in [4.69, 9.17) is 0 Å². The lowest BCUT2D eigenvalue weighted by Gasteiger charge is -2.23. The van der Waals surface area contributed by atoms with Gasteiger partial charge in [-0.2, -0.15) is 0 Å². The normalized spacial score (nSPS) is 14.0. The van der Waals surface area contributed by atoms with Crippen molar-refractivity contribution in [1.29, 1.82) is 0 Å². The maximum absolute atomic E-state index is 13.0. The fourth-order valence-corrected chi connectivity index (χ4v) is 5.11. The van der Waals surface area contributed by atoms with Crippen LogP contribution < -0.4 is 0 Å². The Kier molecular flexibility index (Phi) is 4.50. The maximum Gasteiger partial charge on any atom is 0.183 e. The van der Waals surface area contributed by atoms with Crippen LogP contribution in [0, 0.1) is 0 Å². The van der Waals surface area contributed by atoms with E-state index in [1.807, 2.05) is 0 Å². The van der Waals surface area contributed by atoms with Crippen LogP contribution in [0.15, 0.2) is 40.1 Å². The number of aromatic hydroxyl groups is 1. The van der Waals surface area contributed by atoms with Crippen LogP contribution in [-0.2, 0) is 19.7 Å². The summed E-state index contributed by atoms with van der Waals surface area (Å²) >= 11 is 0. The predicted octanol–water partition coefficient (Wildman–Crippen LogP) is 3.69. The van der Waals surface area contributed by atoms with Crippen LogP contribution in [0.3, 0.4) is 0 Å². The molecule has 0 atom stereocenters. The molecule has 0 aliphatic heterocycles. The van der Waals surface area contributed by atoms with Crippen molar-refractivity contribution in [3.63, 3.8) is 0 Å². The van der Waals surface area contributed by atoms with Crippen LogP contribution in [0.25, 0.3) is 10.8 Å². The van der Waals surface area contributed by atoms with Crippen molar-refractivity contribution in [2.24, 2.45) is 0 Å². The second-order valence-corrected chi connectivity index (χ2v) is 13.4. The highest BCUT2D eigenvalue weighted by Gasteiger charge is 2.36. The molecule has 0 aromatic heterocycles. The molecular formula is C18H24O5S2. The van der Waals surface area contributed by atoms with Crippen LogP contribution in [0.4, 0.5) is 0 Å². The van der Waals surface area contributed by atoms with E-state index >= 15 is 0 Å². The van der Waals surface area contributed by atoms with Gasteiger partial charge < -0.3 is 5.11 Å². The van der Waals surface area contributed by atoms with Gasteiger partial charge in [-0.05, 0) is 77.3 Å². The highest BCUT2D eigenvalue weighted by molar-refractivity contribution is 7.93. The number of phenolic OH excluding ortho intramolecular Hbond substituents is 1. The Labute approximate surface area is 149 Å². The molecule has 0 bridgehead atoms. The zero-order valence-corrected chi connectivity index (χ0v) is 16.9. The molecule has 0 radical (unpaired) electrons. The molecule has 2 rings (SSSR count). The van der Waals surface area contributed by atoms with E-state index in [0.29, 0.717) is 10.8 Å². The second-order valence-electron chi connectivity index (χ2n) is 8.06. The van der Waals surface area contributed by atoms with Gasteiger partial charge in [0.2, 0.25) is 0 Å². The standard InChI is InChI=1S/C18H24O5S2/c1-17(2,3)24(20,21)14-10-12-9-13(19)7-8-15(12)16(11-14)25(22,23)18(4,5)6/h7-11,19H,1-6H3. The summed E-state index contributed by atoms with van der Waals surface area (Å²) in [6.45, 7) is 9.39. The number of phenols is 1. The van der Waals surface area contributed by atoms with Crippen molar-refractivity contribution in [2.45, 2.75) is 60.8 Å². The second kappa shape index (κ2) is 5.71. The van der Waals surface area contributed by atoms with Crippen LogP contribution in [0.5, 0.6) is 5.75 Å². The molecule has 0 fully saturated rings. The highest BCUT2D eigenvalue weighted by atomic mass is 32.2. The van der Waals surface area contributed by atoms with E-state index < -0.39 is 29.2 Å². The Bertz CT molecular complexity index is 1040. The van der Waals surface area contributed by atoms with Gasteiger partial charge in [-0.15, -0.1) is 0 Å². The number of hydrogen-bond donors (Lipinski definition) is 1. The summed E-state index contributed by atoms with van der Waals surface area (Å²) in [5.41, 5.74) is 0. The summed E-state index contributed by atoms with van der Waals surface area (Å²) in [5.74, 6) is -0.0584. The predicted molar refractivity (Wildman–Crippen MR) is 99.5 cm³/mol. The fourth-order valence-electron chi connectivity index (χ4n) is 2.36. The fraction of sp³-hybridized carbons (Fsp3) is 0.444. The quantitative estimate of drug-likeness (QED) is 0.853. The largest absolute Gasteiger partial charge is 0.508 e. The molecule has 0 saturated heterocycles. The zero-order chi connectivity index (χ0) is 19.4. The molecule has 2 aromatic rings. The minimum atomic E-state index is -3.79. The van der Waals surface area contributed by atoms with E-state index in [9.17, 15) is 21.9 Å². The third-order valence-corrected chi connectivity index (χ3v) is 9.08. The van der Waals surface area contributed by atoms with Gasteiger partial charge in [-0.25, -0.2) is 16.8 Å². The Hall–Kier alpha value is -1.60. The third kappa shape index (κ3) is 3.27. The summed E-state index contributed by atoms with van der Waals surface area (Å²) in [5, 5.41) is 10.5. The van der Waals surface area contributed by atoms with Crippen molar-refractivity contribution in [2.75, 3.05) is 0 Å². The van der Waals surface area contributed by atoms with Gasteiger partial charge in [-0.1, -0.05) is 0 Å². The van der Waals surface area contributed by atoms with Gasteiger partial charge in [0.25, 0.3) is 0 Å². The molecule has 0 aliphatic carbocycles. The number of benzene rings is 2. The Balaban J connectivity index is 3.01. The lowest BCUT2D eigenvalue weighted by molar-refractivity contribution is 0.476. The average molecular weight is 385 g/mol. The number of sulfone groups is 2. The SMILES string of the molecule is CC(C)(C)S(=O)(=O)c1cc(S(=O)(=O)C(C)(C)C)c2ccc(O)cc2c1. The smallest absolute Gasteiger partial charge is 0.183 e. The molecule has 138 valence electrons. The van der Waals surface area contributed by atoms with Crippen molar-refractivity contribution in [3.8, 4) is 5.75 Å². The molecule has 25 heavy (non-hydrogen) atoms. The maximum atomic E-state index is 13.0. The molecule has 0 heterocycles. The van der Waals surface area contributed by atoms with E-state index in [2.05, 4.69) is 0 Å². The molecule has 0 aliphatic rings. The molecule has 5 nitrogen and oxygen atoms in total. The lowest BCUT2D eigenvalue weighted by Crippen LogP contribution is -2.30. The summed E-state index contributed by atoms with van der Waals surface area (Å²) in [4.78, 5) is -0.110. The third-order valence-electron chi connectivity index (χ3n) is 4.08. The van der Waals surface area contributed by atoms with Gasteiger partial charge >= 0.3 is 0 Å². The molecule has 0 unspecified atom stereocenters. The first-order chi connectivity index (χ1) is 11.1. The minimum absolute atomic E-state index is 0.0414. The van der Waals surface area contributed by atoms with Crippen molar-refractivity contribution in [3.05, 3.63) is 30.3 Å². The lowest BCUT2D eigenvalue weighted by atomic mass is 10.1. The number of hydrogen-bond acceptors (Lipinski definition) is 5. The van der Waals surface area contributed by atoms with Crippen LogP contribution in [0.1, 0.15) is 41.5 Å². The first-order valence-electron chi connectivity index (χ1n) is 7.85. The highest BCUT2D eigenvalue weighted by Crippen LogP contribution is 2.36. The summed E-state index contributed by atoms with van der Waals surface area (Å²) in [7, 11) is -7.55. The van der Waals surface area contributed by atoms with Gasteiger partial charge in [0.15, 0.2) is 19.7 Å². The van der Waals surface area contributed by atoms with E-state index in [1.54, 1.807) is 41.5 Å². The summed E-state index contributed by atoms with van der Waals surface area (Å²) in [6, 6.07) is 6.91. The Morgan fingerprint density at radius 3 is 1.76 bits per heavy atom. The van der Waals surface area contributed by atoms with Crippen molar-refractivity contribution < 1.29 is 21.9 Å². The minimum Gasteiger partial charge on any atom is -0.508 e. The van der Waals surface area contributed by atoms with Gasteiger partial charge in [0, 0.05) is 5.39 Å². The number of fused-ring (bicyclic) bond motifs is 1. The first kappa shape index (κ1) is 19.7. The van der Waals surface area contributed by atoms with E-state index in [0.717, 1.165) is 0 Å². The summed E-state index contributed by atoms with van der Waals surface area (Å²) in [6.07, 6.45) is 0. The summed E-state index contributed by atoms with van der Waals surface area (Å²) < 4.78 is 49.6. The van der Waals surface area contributed by atoms with Crippen molar-refractivity contribution in [1.82, 2.24) is 0 Å².